The molecule has 0 amide bonds. The molecule has 4 heteroatoms. The Morgan fingerprint density at radius 3 is 2.00 bits per heavy atom. The molecule has 1 saturated heterocycles. The van der Waals surface area contributed by atoms with Crippen LogP contribution in [0.15, 0.2) is 42.5 Å². The summed E-state index contributed by atoms with van der Waals surface area (Å²) in [5.41, 5.74) is 16.5. The van der Waals surface area contributed by atoms with Crippen LogP contribution in [-0.4, -0.2) is 38.1 Å². The molecule has 0 aromatic heterocycles. The maximum absolute atomic E-state index is 5.88. The summed E-state index contributed by atoms with van der Waals surface area (Å²) in [6.07, 6.45) is 0. The summed E-state index contributed by atoms with van der Waals surface area (Å²) < 4.78 is 0. The lowest BCUT2D eigenvalue weighted by atomic mass is 10.0. The van der Waals surface area contributed by atoms with Gasteiger partial charge in [-0.05, 0) is 42.4 Å². The minimum atomic E-state index is 0.632. The molecule has 4 nitrogen and oxygen atoms in total. The topological polar surface area (TPSA) is 58.5 Å². The predicted octanol–water partition coefficient (Wildman–Crippen LogP) is 2.27. The monoisotopic (exact) mass is 282 g/mol. The molecule has 1 fully saturated rings. The minimum absolute atomic E-state index is 0.632. The summed E-state index contributed by atoms with van der Waals surface area (Å²) in [4.78, 5) is 4.79. The lowest BCUT2D eigenvalue weighted by Gasteiger charge is -2.34. The molecule has 21 heavy (non-hydrogen) atoms. The molecular weight excluding hydrogens is 260 g/mol. The molecule has 4 N–H and O–H groups in total. The third-order valence-electron chi connectivity index (χ3n) is 4.16. The number of hydrogen-bond acceptors (Lipinski definition) is 4. The van der Waals surface area contributed by atoms with Crippen LogP contribution in [0.1, 0.15) is 0 Å². The van der Waals surface area contributed by atoms with Crippen LogP contribution in [0.2, 0.25) is 0 Å². The molecule has 0 unspecified atom stereocenters. The van der Waals surface area contributed by atoms with Crippen LogP contribution in [-0.2, 0) is 0 Å². The van der Waals surface area contributed by atoms with Crippen LogP contribution in [0.4, 0.5) is 17.1 Å². The zero-order valence-corrected chi connectivity index (χ0v) is 12.4. The predicted molar refractivity (Wildman–Crippen MR) is 90.4 cm³/mol. The Labute approximate surface area is 126 Å². The lowest BCUT2D eigenvalue weighted by molar-refractivity contribution is 0.313. The highest BCUT2D eigenvalue weighted by Gasteiger charge is 2.14. The number of anilines is 3. The molecule has 110 valence electrons. The van der Waals surface area contributed by atoms with Crippen molar-refractivity contribution in [3.8, 4) is 11.1 Å². The molecule has 1 aliphatic rings. The average molecular weight is 282 g/mol. The summed E-state index contributed by atoms with van der Waals surface area (Å²) in [6, 6.07) is 14.5. The zero-order valence-electron chi connectivity index (χ0n) is 12.4. The fourth-order valence-electron chi connectivity index (χ4n) is 2.68. The third kappa shape index (κ3) is 2.95. The molecule has 1 aliphatic heterocycles. The largest absolute Gasteiger partial charge is 0.397 e. The van der Waals surface area contributed by atoms with Crippen LogP contribution in [0.5, 0.6) is 0 Å². The van der Waals surface area contributed by atoms with Crippen molar-refractivity contribution >= 4 is 17.1 Å². The first-order valence-electron chi connectivity index (χ1n) is 7.32. The third-order valence-corrected chi connectivity index (χ3v) is 4.16. The summed E-state index contributed by atoms with van der Waals surface area (Å²) in [5, 5.41) is 0. The van der Waals surface area contributed by atoms with Gasteiger partial charge in [-0.1, -0.05) is 18.2 Å². The highest BCUT2D eigenvalue weighted by molar-refractivity contribution is 5.75. The van der Waals surface area contributed by atoms with Gasteiger partial charge < -0.3 is 21.3 Å². The lowest BCUT2D eigenvalue weighted by Crippen LogP contribution is -2.44. The zero-order chi connectivity index (χ0) is 14.8. The first-order chi connectivity index (χ1) is 10.1. The summed E-state index contributed by atoms with van der Waals surface area (Å²) in [7, 11) is 2.17. The van der Waals surface area contributed by atoms with Gasteiger partial charge in [0.05, 0.1) is 11.4 Å². The van der Waals surface area contributed by atoms with E-state index >= 15 is 0 Å². The molecule has 0 bridgehead atoms. The van der Waals surface area contributed by atoms with Crippen molar-refractivity contribution in [1.82, 2.24) is 4.90 Å². The Balaban J connectivity index is 1.79. The number of nitrogens with two attached hydrogens (primary N) is 2. The van der Waals surface area contributed by atoms with Gasteiger partial charge in [-0.2, -0.15) is 0 Å². The molecule has 0 saturated carbocycles. The second-order valence-electron chi connectivity index (χ2n) is 5.68. The van der Waals surface area contributed by atoms with Gasteiger partial charge in [-0.3, -0.25) is 0 Å². The number of piperazine rings is 1. The van der Waals surface area contributed by atoms with E-state index in [1.807, 2.05) is 18.2 Å². The molecule has 0 atom stereocenters. The maximum Gasteiger partial charge on any atom is 0.0554 e. The molecular formula is C17H22N4. The fraction of sp³-hybridized carbons (Fsp3) is 0.294. The summed E-state index contributed by atoms with van der Waals surface area (Å²) >= 11 is 0. The SMILES string of the molecule is CN1CCN(c2ccc(-c3ccc(N)c(N)c3)cc2)CC1. The van der Waals surface area contributed by atoms with Crippen LogP contribution >= 0.6 is 0 Å². The molecule has 0 spiro atoms. The van der Waals surface area contributed by atoms with Crippen molar-refractivity contribution in [1.29, 1.82) is 0 Å². The van der Waals surface area contributed by atoms with Crippen LogP contribution in [0, 0.1) is 0 Å². The highest BCUT2D eigenvalue weighted by Crippen LogP contribution is 2.27. The Morgan fingerprint density at radius 2 is 1.38 bits per heavy atom. The van der Waals surface area contributed by atoms with Crippen LogP contribution < -0.4 is 16.4 Å². The van der Waals surface area contributed by atoms with Gasteiger partial charge in [0.2, 0.25) is 0 Å². The number of likely N-dealkylation sites (N-methyl/N-ethyl adjacent to an activating group) is 1. The molecule has 2 aromatic carbocycles. The van der Waals surface area contributed by atoms with Gasteiger partial charge in [0, 0.05) is 31.9 Å². The van der Waals surface area contributed by atoms with Gasteiger partial charge in [0.1, 0.15) is 0 Å². The Kier molecular flexibility index (Phi) is 3.71. The van der Waals surface area contributed by atoms with E-state index in [0.29, 0.717) is 11.4 Å². The smallest absolute Gasteiger partial charge is 0.0554 e. The molecule has 2 aromatic rings. The van der Waals surface area contributed by atoms with E-state index in [0.717, 1.165) is 31.7 Å². The van der Waals surface area contributed by atoms with Gasteiger partial charge in [0.25, 0.3) is 0 Å². The van der Waals surface area contributed by atoms with Crippen molar-refractivity contribution in [3.63, 3.8) is 0 Å². The molecule has 0 radical (unpaired) electrons. The number of benzene rings is 2. The van der Waals surface area contributed by atoms with Crippen molar-refractivity contribution < 1.29 is 0 Å². The summed E-state index contributed by atoms with van der Waals surface area (Å²) in [5.74, 6) is 0. The van der Waals surface area contributed by atoms with Gasteiger partial charge in [-0.15, -0.1) is 0 Å². The number of nitrogen functional groups attached to an aromatic ring is 2. The standard InChI is InChI=1S/C17H22N4/c1-20-8-10-21(11-9-20)15-5-2-13(3-6-15)14-4-7-16(18)17(19)12-14/h2-7,12H,8-11,18-19H2,1H3. The first kappa shape index (κ1) is 13.8. The van der Waals surface area contributed by atoms with Gasteiger partial charge in [-0.25, -0.2) is 0 Å². The highest BCUT2D eigenvalue weighted by atomic mass is 15.2. The van der Waals surface area contributed by atoms with Gasteiger partial charge in [0.15, 0.2) is 0 Å². The summed E-state index contributed by atoms with van der Waals surface area (Å²) in [6.45, 7) is 4.42. The van der Waals surface area contributed by atoms with Crippen molar-refractivity contribution in [2.45, 2.75) is 0 Å². The van der Waals surface area contributed by atoms with Crippen LogP contribution in [0.3, 0.4) is 0 Å². The Bertz CT molecular complexity index is 613. The number of nitrogens with zero attached hydrogens (tertiary/aromatic N) is 2. The van der Waals surface area contributed by atoms with Gasteiger partial charge >= 0.3 is 0 Å². The minimum Gasteiger partial charge on any atom is -0.397 e. The van der Waals surface area contributed by atoms with E-state index in [9.17, 15) is 0 Å². The Morgan fingerprint density at radius 1 is 0.762 bits per heavy atom. The average Bonchev–Trinajstić information content (AvgIpc) is 2.51. The van der Waals surface area contributed by atoms with Crippen molar-refractivity contribution in [2.24, 2.45) is 0 Å². The molecule has 1 heterocycles. The van der Waals surface area contributed by atoms with Crippen molar-refractivity contribution in [3.05, 3.63) is 42.5 Å². The van der Waals surface area contributed by atoms with E-state index in [1.54, 1.807) is 0 Å². The maximum atomic E-state index is 5.88. The molecule has 3 rings (SSSR count). The second-order valence-corrected chi connectivity index (χ2v) is 5.68. The second kappa shape index (κ2) is 5.66. The van der Waals surface area contributed by atoms with E-state index in [2.05, 4.69) is 41.1 Å². The quantitative estimate of drug-likeness (QED) is 0.830. The van der Waals surface area contributed by atoms with Crippen LogP contribution in [0.25, 0.3) is 11.1 Å². The molecule has 0 aliphatic carbocycles. The van der Waals surface area contributed by atoms with E-state index in [1.165, 1.54) is 11.3 Å². The fourth-order valence-corrected chi connectivity index (χ4v) is 2.68. The van der Waals surface area contributed by atoms with E-state index < -0.39 is 0 Å². The Hall–Kier alpha value is -2.20. The number of hydrogen-bond donors (Lipinski definition) is 2. The van der Waals surface area contributed by atoms with Crippen molar-refractivity contribution in [2.75, 3.05) is 49.6 Å². The number of rotatable bonds is 2. The normalized spacial score (nSPS) is 16.1. The van der Waals surface area contributed by atoms with E-state index in [4.69, 9.17) is 11.5 Å². The first-order valence-corrected chi connectivity index (χ1v) is 7.32. The van der Waals surface area contributed by atoms with E-state index in [-0.39, 0.29) is 0 Å².